The van der Waals surface area contributed by atoms with E-state index < -0.39 is 12.5 Å². The first kappa shape index (κ1) is 13.7. The highest BCUT2D eigenvalue weighted by atomic mass is 19.3. The molecular formula is C13H19F2NO. The first-order valence-corrected chi connectivity index (χ1v) is 5.82. The van der Waals surface area contributed by atoms with Crippen LogP contribution in [0.15, 0.2) is 18.2 Å². The standard InChI is InChI=1S/C13H19F2NO/c1-4-7-17-12-8-9(2)5-6-11(12)16-10(3)13(14)15/h5-6,8,10,13,16H,4,7H2,1-3H3. The molecule has 0 aromatic heterocycles. The highest BCUT2D eigenvalue weighted by Gasteiger charge is 2.16. The molecule has 0 aliphatic heterocycles. The Bertz CT molecular complexity index is 355. The number of halogens is 2. The molecule has 0 bridgehead atoms. The number of alkyl halides is 2. The van der Waals surface area contributed by atoms with E-state index in [0.29, 0.717) is 18.0 Å². The SMILES string of the molecule is CCCOc1cc(C)ccc1NC(C)C(F)F. The van der Waals surface area contributed by atoms with E-state index in [1.165, 1.54) is 6.92 Å². The zero-order valence-electron chi connectivity index (χ0n) is 10.5. The van der Waals surface area contributed by atoms with Gasteiger partial charge in [0, 0.05) is 0 Å². The van der Waals surface area contributed by atoms with E-state index in [2.05, 4.69) is 5.32 Å². The van der Waals surface area contributed by atoms with Crippen molar-refractivity contribution < 1.29 is 13.5 Å². The average molecular weight is 243 g/mol. The second-order valence-electron chi connectivity index (χ2n) is 4.12. The van der Waals surface area contributed by atoms with Gasteiger partial charge in [-0.15, -0.1) is 0 Å². The Morgan fingerprint density at radius 1 is 1.35 bits per heavy atom. The van der Waals surface area contributed by atoms with Crippen LogP contribution in [0.4, 0.5) is 14.5 Å². The maximum Gasteiger partial charge on any atom is 0.258 e. The van der Waals surface area contributed by atoms with Gasteiger partial charge in [-0.25, -0.2) is 8.78 Å². The molecule has 0 aliphatic carbocycles. The number of ether oxygens (including phenoxy) is 1. The van der Waals surface area contributed by atoms with Gasteiger partial charge in [-0.05, 0) is 38.0 Å². The van der Waals surface area contributed by atoms with Gasteiger partial charge in [0.15, 0.2) is 0 Å². The molecule has 17 heavy (non-hydrogen) atoms. The fourth-order valence-corrected chi connectivity index (χ4v) is 1.39. The number of hydrogen-bond donors (Lipinski definition) is 1. The fourth-order valence-electron chi connectivity index (χ4n) is 1.39. The van der Waals surface area contributed by atoms with Crippen LogP contribution in [0.25, 0.3) is 0 Å². The van der Waals surface area contributed by atoms with Crippen LogP contribution in [0.3, 0.4) is 0 Å². The summed E-state index contributed by atoms with van der Waals surface area (Å²) in [6.07, 6.45) is -1.51. The number of anilines is 1. The van der Waals surface area contributed by atoms with Crippen molar-refractivity contribution in [2.75, 3.05) is 11.9 Å². The second kappa shape index (κ2) is 6.42. The van der Waals surface area contributed by atoms with Crippen molar-refractivity contribution in [2.45, 2.75) is 39.7 Å². The summed E-state index contributed by atoms with van der Waals surface area (Å²) in [6.45, 7) is 5.99. The molecule has 1 rings (SSSR count). The molecule has 0 saturated heterocycles. The van der Waals surface area contributed by atoms with Gasteiger partial charge in [0.25, 0.3) is 6.43 Å². The molecule has 0 heterocycles. The largest absolute Gasteiger partial charge is 0.491 e. The molecule has 0 saturated carbocycles. The van der Waals surface area contributed by atoms with E-state index in [-0.39, 0.29) is 0 Å². The molecule has 1 unspecified atom stereocenters. The lowest BCUT2D eigenvalue weighted by atomic mass is 10.2. The quantitative estimate of drug-likeness (QED) is 0.819. The maximum atomic E-state index is 12.5. The van der Waals surface area contributed by atoms with Crippen LogP contribution in [-0.2, 0) is 0 Å². The summed E-state index contributed by atoms with van der Waals surface area (Å²) in [6, 6.07) is 4.62. The van der Waals surface area contributed by atoms with Crippen LogP contribution >= 0.6 is 0 Å². The average Bonchev–Trinajstić information content (AvgIpc) is 2.29. The molecule has 0 aliphatic rings. The topological polar surface area (TPSA) is 21.3 Å². The Hall–Kier alpha value is -1.32. The van der Waals surface area contributed by atoms with Crippen molar-refractivity contribution in [3.63, 3.8) is 0 Å². The first-order chi connectivity index (χ1) is 8.04. The van der Waals surface area contributed by atoms with Crippen molar-refractivity contribution in [1.82, 2.24) is 0 Å². The van der Waals surface area contributed by atoms with Crippen LogP contribution in [0.5, 0.6) is 5.75 Å². The summed E-state index contributed by atoms with van der Waals surface area (Å²) < 4.78 is 30.5. The van der Waals surface area contributed by atoms with Gasteiger partial charge in [-0.2, -0.15) is 0 Å². The number of aryl methyl sites for hydroxylation is 1. The molecular weight excluding hydrogens is 224 g/mol. The fraction of sp³-hybridized carbons (Fsp3) is 0.538. The highest BCUT2D eigenvalue weighted by molar-refractivity contribution is 5.58. The molecule has 1 aromatic rings. The van der Waals surface area contributed by atoms with E-state index in [4.69, 9.17) is 4.74 Å². The van der Waals surface area contributed by atoms with E-state index in [1.807, 2.05) is 26.0 Å². The first-order valence-electron chi connectivity index (χ1n) is 5.82. The Balaban J connectivity index is 2.82. The lowest BCUT2D eigenvalue weighted by molar-refractivity contribution is 0.130. The van der Waals surface area contributed by atoms with Crippen molar-refractivity contribution in [2.24, 2.45) is 0 Å². The highest BCUT2D eigenvalue weighted by Crippen LogP contribution is 2.27. The minimum atomic E-state index is -2.39. The number of benzene rings is 1. The minimum Gasteiger partial charge on any atom is -0.491 e. The Morgan fingerprint density at radius 2 is 2.06 bits per heavy atom. The van der Waals surface area contributed by atoms with E-state index in [0.717, 1.165) is 12.0 Å². The molecule has 1 aromatic carbocycles. The van der Waals surface area contributed by atoms with Crippen LogP contribution in [-0.4, -0.2) is 19.1 Å². The summed E-state index contributed by atoms with van der Waals surface area (Å²) in [5.74, 6) is 0.638. The van der Waals surface area contributed by atoms with Crippen LogP contribution in [0, 0.1) is 6.92 Å². The second-order valence-corrected chi connectivity index (χ2v) is 4.12. The van der Waals surface area contributed by atoms with Gasteiger partial charge in [-0.3, -0.25) is 0 Å². The predicted octanol–water partition coefficient (Wildman–Crippen LogP) is 3.85. The summed E-state index contributed by atoms with van der Waals surface area (Å²) in [4.78, 5) is 0. The summed E-state index contributed by atoms with van der Waals surface area (Å²) in [5.41, 5.74) is 1.67. The van der Waals surface area contributed by atoms with Crippen molar-refractivity contribution in [1.29, 1.82) is 0 Å². The zero-order valence-corrected chi connectivity index (χ0v) is 10.5. The third-order valence-corrected chi connectivity index (χ3v) is 2.36. The zero-order chi connectivity index (χ0) is 12.8. The smallest absolute Gasteiger partial charge is 0.258 e. The third kappa shape index (κ3) is 4.21. The Labute approximate surface area is 101 Å². The number of nitrogens with one attached hydrogen (secondary N) is 1. The molecule has 2 nitrogen and oxygen atoms in total. The molecule has 0 fully saturated rings. The molecule has 0 amide bonds. The molecule has 0 radical (unpaired) electrons. The van der Waals surface area contributed by atoms with Gasteiger partial charge in [0.05, 0.1) is 18.3 Å². The summed E-state index contributed by atoms with van der Waals surface area (Å²) in [5, 5.41) is 2.77. The Morgan fingerprint density at radius 3 is 2.65 bits per heavy atom. The predicted molar refractivity (Wildman–Crippen MR) is 66.1 cm³/mol. The van der Waals surface area contributed by atoms with Crippen LogP contribution in [0.1, 0.15) is 25.8 Å². The monoisotopic (exact) mass is 243 g/mol. The van der Waals surface area contributed by atoms with Gasteiger partial charge in [0.1, 0.15) is 5.75 Å². The van der Waals surface area contributed by atoms with Gasteiger partial charge in [-0.1, -0.05) is 13.0 Å². The third-order valence-electron chi connectivity index (χ3n) is 2.36. The maximum absolute atomic E-state index is 12.5. The Kier molecular flexibility index (Phi) is 5.19. The van der Waals surface area contributed by atoms with Crippen LogP contribution < -0.4 is 10.1 Å². The molecule has 0 spiro atoms. The molecule has 96 valence electrons. The van der Waals surface area contributed by atoms with Gasteiger partial charge < -0.3 is 10.1 Å². The number of hydrogen-bond acceptors (Lipinski definition) is 2. The molecule has 1 atom stereocenters. The van der Waals surface area contributed by atoms with Crippen molar-refractivity contribution in [3.8, 4) is 5.75 Å². The molecule has 4 heteroatoms. The lowest BCUT2D eigenvalue weighted by Gasteiger charge is -2.18. The minimum absolute atomic E-state index is 0.585. The van der Waals surface area contributed by atoms with E-state index >= 15 is 0 Å². The van der Waals surface area contributed by atoms with E-state index in [1.54, 1.807) is 6.07 Å². The van der Waals surface area contributed by atoms with Crippen molar-refractivity contribution in [3.05, 3.63) is 23.8 Å². The van der Waals surface area contributed by atoms with Crippen molar-refractivity contribution >= 4 is 5.69 Å². The molecule has 1 N–H and O–H groups in total. The normalized spacial score (nSPS) is 12.6. The van der Waals surface area contributed by atoms with Gasteiger partial charge in [0.2, 0.25) is 0 Å². The lowest BCUT2D eigenvalue weighted by Crippen LogP contribution is -2.24. The number of rotatable bonds is 6. The summed E-state index contributed by atoms with van der Waals surface area (Å²) in [7, 11) is 0. The van der Waals surface area contributed by atoms with E-state index in [9.17, 15) is 8.78 Å². The van der Waals surface area contributed by atoms with Gasteiger partial charge >= 0.3 is 0 Å². The summed E-state index contributed by atoms with van der Waals surface area (Å²) >= 11 is 0. The van der Waals surface area contributed by atoms with Crippen LogP contribution in [0.2, 0.25) is 0 Å².